The molecular formula is C13H16O3. The Bertz CT molecular complexity index is 419. The van der Waals surface area contributed by atoms with E-state index < -0.39 is 0 Å². The van der Waals surface area contributed by atoms with Crippen molar-refractivity contribution < 1.29 is 15.0 Å². The Balaban J connectivity index is 2.88. The summed E-state index contributed by atoms with van der Waals surface area (Å²) in [5.41, 5.74) is 0.622. The molecule has 1 aromatic carbocycles. The number of ketones is 1. The number of aromatic hydroxyl groups is 2. The topological polar surface area (TPSA) is 57.5 Å². The van der Waals surface area contributed by atoms with Crippen molar-refractivity contribution in [1.29, 1.82) is 0 Å². The van der Waals surface area contributed by atoms with E-state index in [-0.39, 0.29) is 22.8 Å². The van der Waals surface area contributed by atoms with Gasteiger partial charge in [0, 0.05) is 12.0 Å². The van der Waals surface area contributed by atoms with E-state index >= 15 is 0 Å². The van der Waals surface area contributed by atoms with Gasteiger partial charge < -0.3 is 10.2 Å². The Morgan fingerprint density at radius 1 is 1.38 bits per heavy atom. The molecule has 3 nitrogen and oxygen atoms in total. The minimum Gasteiger partial charge on any atom is -0.508 e. The van der Waals surface area contributed by atoms with Gasteiger partial charge >= 0.3 is 0 Å². The van der Waals surface area contributed by atoms with E-state index in [2.05, 4.69) is 0 Å². The monoisotopic (exact) mass is 220 g/mol. The Morgan fingerprint density at radius 3 is 2.69 bits per heavy atom. The van der Waals surface area contributed by atoms with Gasteiger partial charge in [-0.05, 0) is 32.4 Å². The van der Waals surface area contributed by atoms with Crippen LogP contribution in [0.4, 0.5) is 0 Å². The summed E-state index contributed by atoms with van der Waals surface area (Å²) in [6.45, 7) is 3.47. The lowest BCUT2D eigenvalue weighted by Gasteiger charge is -2.07. The number of hydrogen-bond donors (Lipinski definition) is 2. The molecule has 16 heavy (non-hydrogen) atoms. The zero-order valence-corrected chi connectivity index (χ0v) is 9.53. The molecule has 0 amide bonds. The van der Waals surface area contributed by atoms with Crippen molar-refractivity contribution in [1.82, 2.24) is 0 Å². The molecule has 0 aliphatic heterocycles. The van der Waals surface area contributed by atoms with Crippen LogP contribution in [0.1, 0.15) is 35.7 Å². The first-order chi connectivity index (χ1) is 7.57. The average molecular weight is 220 g/mol. The molecule has 0 spiro atoms. The van der Waals surface area contributed by atoms with Crippen LogP contribution in [0.15, 0.2) is 24.3 Å². The third kappa shape index (κ3) is 2.63. The number of phenols is 2. The number of rotatable bonds is 4. The fraction of sp³-hybridized carbons (Fsp3) is 0.308. The lowest BCUT2D eigenvalue weighted by molar-refractivity contribution is 0.0981. The molecule has 0 unspecified atom stereocenters. The highest BCUT2D eigenvalue weighted by Gasteiger charge is 2.14. The van der Waals surface area contributed by atoms with Crippen LogP contribution in [0.2, 0.25) is 0 Å². The summed E-state index contributed by atoms with van der Waals surface area (Å²) in [5, 5.41) is 19.0. The first kappa shape index (κ1) is 12.3. The molecule has 0 atom stereocenters. The maximum absolute atomic E-state index is 11.7. The lowest BCUT2D eigenvalue weighted by Crippen LogP contribution is -1.99. The van der Waals surface area contributed by atoms with E-state index in [0.29, 0.717) is 18.4 Å². The van der Waals surface area contributed by atoms with Crippen LogP contribution in [0.5, 0.6) is 11.5 Å². The summed E-state index contributed by atoms with van der Waals surface area (Å²) in [5.74, 6) is -0.230. The maximum atomic E-state index is 11.7. The van der Waals surface area contributed by atoms with Crippen molar-refractivity contribution in [2.45, 2.75) is 26.7 Å². The molecule has 86 valence electrons. The molecule has 0 fully saturated rings. The fourth-order valence-electron chi connectivity index (χ4n) is 1.43. The van der Waals surface area contributed by atoms with Crippen molar-refractivity contribution in [3.63, 3.8) is 0 Å². The maximum Gasteiger partial charge on any atom is 0.166 e. The van der Waals surface area contributed by atoms with Gasteiger partial charge in [0.05, 0.1) is 5.56 Å². The summed E-state index contributed by atoms with van der Waals surface area (Å²) < 4.78 is 0. The number of benzene rings is 1. The normalized spacial score (nSPS) is 10.9. The Hall–Kier alpha value is -1.77. The minimum absolute atomic E-state index is 0.00232. The van der Waals surface area contributed by atoms with Crippen molar-refractivity contribution in [2.75, 3.05) is 0 Å². The molecule has 0 bridgehead atoms. The average Bonchev–Trinajstić information content (AvgIpc) is 2.26. The van der Waals surface area contributed by atoms with Gasteiger partial charge in [-0.25, -0.2) is 0 Å². The highest BCUT2D eigenvalue weighted by atomic mass is 16.3. The van der Waals surface area contributed by atoms with Gasteiger partial charge in [-0.3, -0.25) is 4.79 Å². The van der Waals surface area contributed by atoms with Gasteiger partial charge in [-0.15, -0.1) is 0 Å². The second-order valence-electron chi connectivity index (χ2n) is 3.64. The number of carbonyl (C=O) groups is 1. The molecule has 0 saturated heterocycles. The van der Waals surface area contributed by atoms with Crippen molar-refractivity contribution >= 4 is 5.78 Å². The molecule has 0 aliphatic rings. The molecule has 0 aromatic heterocycles. The third-order valence-corrected chi connectivity index (χ3v) is 2.48. The second kappa shape index (κ2) is 5.35. The van der Waals surface area contributed by atoms with Crippen molar-refractivity contribution in [2.24, 2.45) is 0 Å². The minimum atomic E-state index is -0.120. The number of carbonyl (C=O) groups excluding carboxylic acids is 1. The molecule has 2 N–H and O–H groups in total. The molecular weight excluding hydrogens is 204 g/mol. The summed E-state index contributed by atoms with van der Waals surface area (Å²) in [4.78, 5) is 11.7. The number of hydrogen-bond acceptors (Lipinski definition) is 3. The molecule has 0 radical (unpaired) electrons. The summed E-state index contributed by atoms with van der Waals surface area (Å²) >= 11 is 0. The van der Waals surface area contributed by atoms with Crippen LogP contribution in [-0.4, -0.2) is 16.0 Å². The largest absolute Gasteiger partial charge is 0.508 e. The van der Waals surface area contributed by atoms with Crippen molar-refractivity contribution in [3.05, 3.63) is 35.4 Å². The lowest BCUT2D eigenvalue weighted by atomic mass is 10.0. The first-order valence-electron chi connectivity index (χ1n) is 5.23. The Morgan fingerprint density at radius 2 is 2.06 bits per heavy atom. The molecule has 0 heterocycles. The van der Waals surface area contributed by atoms with Gasteiger partial charge in [0.15, 0.2) is 5.78 Å². The number of phenolic OH excluding ortho intramolecular Hbond substituents is 2. The van der Waals surface area contributed by atoms with Crippen LogP contribution in [0, 0.1) is 6.92 Å². The first-order valence-corrected chi connectivity index (χ1v) is 5.23. The third-order valence-electron chi connectivity index (χ3n) is 2.48. The van der Waals surface area contributed by atoms with Crippen molar-refractivity contribution in [3.8, 4) is 11.5 Å². The standard InChI is InChI=1S/C13H16O3/c1-3-4-5-6-12(15)10-7-8-11(14)9(2)13(10)16/h3-4,7-8,14,16H,5-6H2,1-2H3/b4-3+. The molecule has 3 heteroatoms. The summed E-state index contributed by atoms with van der Waals surface area (Å²) in [6, 6.07) is 2.88. The van der Waals surface area contributed by atoms with Crippen LogP contribution in [0.25, 0.3) is 0 Å². The second-order valence-corrected chi connectivity index (χ2v) is 3.64. The van der Waals surface area contributed by atoms with Gasteiger partial charge in [0.25, 0.3) is 0 Å². The number of Topliss-reactive ketones (excluding diaryl/α,β-unsaturated/α-hetero) is 1. The van der Waals surface area contributed by atoms with E-state index in [0.717, 1.165) is 0 Å². The van der Waals surface area contributed by atoms with Gasteiger partial charge in [0.2, 0.25) is 0 Å². The zero-order valence-electron chi connectivity index (χ0n) is 9.53. The molecule has 0 saturated carbocycles. The SMILES string of the molecule is C/C=C/CCC(=O)c1ccc(O)c(C)c1O. The molecule has 1 aromatic rings. The van der Waals surface area contributed by atoms with Crippen LogP contribution in [0.3, 0.4) is 0 Å². The predicted molar refractivity (Wildman–Crippen MR) is 62.9 cm³/mol. The Labute approximate surface area is 95.0 Å². The van der Waals surface area contributed by atoms with E-state index in [4.69, 9.17) is 0 Å². The predicted octanol–water partition coefficient (Wildman–Crippen LogP) is 2.95. The van der Waals surface area contributed by atoms with Crippen LogP contribution >= 0.6 is 0 Å². The summed E-state index contributed by atoms with van der Waals surface area (Å²) in [7, 11) is 0. The van der Waals surface area contributed by atoms with E-state index in [1.54, 1.807) is 6.92 Å². The van der Waals surface area contributed by atoms with E-state index in [9.17, 15) is 15.0 Å². The van der Waals surface area contributed by atoms with Gasteiger partial charge in [0.1, 0.15) is 11.5 Å². The van der Waals surface area contributed by atoms with E-state index in [1.165, 1.54) is 12.1 Å². The zero-order chi connectivity index (χ0) is 12.1. The highest BCUT2D eigenvalue weighted by molar-refractivity contribution is 5.99. The van der Waals surface area contributed by atoms with Crippen LogP contribution in [-0.2, 0) is 0 Å². The molecule has 1 rings (SSSR count). The smallest absolute Gasteiger partial charge is 0.166 e. The van der Waals surface area contributed by atoms with Crippen LogP contribution < -0.4 is 0 Å². The Kier molecular flexibility index (Phi) is 4.11. The van der Waals surface area contributed by atoms with Gasteiger partial charge in [-0.2, -0.15) is 0 Å². The highest BCUT2D eigenvalue weighted by Crippen LogP contribution is 2.30. The quantitative estimate of drug-likeness (QED) is 0.606. The number of allylic oxidation sites excluding steroid dienone is 2. The van der Waals surface area contributed by atoms with Gasteiger partial charge in [-0.1, -0.05) is 12.2 Å². The molecule has 0 aliphatic carbocycles. The summed E-state index contributed by atoms with van der Waals surface area (Å²) in [6.07, 6.45) is 4.81. The van der Waals surface area contributed by atoms with E-state index in [1.807, 2.05) is 19.1 Å². The fourth-order valence-corrected chi connectivity index (χ4v) is 1.43.